The number of hydrogen-bond donors (Lipinski definition) is 0. The predicted octanol–water partition coefficient (Wildman–Crippen LogP) is 4.22. The Morgan fingerprint density at radius 1 is 1.43 bits per heavy atom. The molecule has 6 heteroatoms. The molecule has 1 unspecified atom stereocenters. The van der Waals surface area contributed by atoms with Gasteiger partial charge >= 0.3 is 5.97 Å². The molecule has 1 saturated carbocycles. The van der Waals surface area contributed by atoms with Crippen molar-refractivity contribution >= 4 is 45.9 Å². The second kappa shape index (κ2) is 5.84. The molecule has 0 amide bonds. The number of aryl methyl sites for hydroxylation is 1. The van der Waals surface area contributed by atoms with E-state index in [4.69, 9.17) is 32.4 Å². The number of carbonyl (C=O) groups excluding carboxylic acids is 2. The number of esters is 1. The molecule has 0 bridgehead atoms. The van der Waals surface area contributed by atoms with E-state index in [1.54, 1.807) is 13.8 Å². The summed E-state index contributed by atoms with van der Waals surface area (Å²) >= 11 is 12.1. The molecule has 122 valence electrons. The highest BCUT2D eigenvalue weighted by Crippen LogP contribution is 2.46. The zero-order chi connectivity index (χ0) is 16.8. The van der Waals surface area contributed by atoms with E-state index in [0.29, 0.717) is 41.7 Å². The molecular weight excluding hydrogens is 339 g/mol. The van der Waals surface area contributed by atoms with Gasteiger partial charge in [-0.15, -0.1) is 0 Å². The maximum absolute atomic E-state index is 12.1. The van der Waals surface area contributed by atoms with Crippen molar-refractivity contribution in [1.82, 2.24) is 0 Å². The van der Waals surface area contributed by atoms with Crippen molar-refractivity contribution < 1.29 is 18.7 Å². The fourth-order valence-corrected chi connectivity index (χ4v) is 3.38. The van der Waals surface area contributed by atoms with Crippen LogP contribution in [0.4, 0.5) is 0 Å². The molecule has 0 N–H and O–H groups in total. The van der Waals surface area contributed by atoms with E-state index in [1.165, 1.54) is 0 Å². The maximum Gasteiger partial charge on any atom is 0.342 e. The Kier molecular flexibility index (Phi) is 4.15. The summed E-state index contributed by atoms with van der Waals surface area (Å²) in [6.07, 6.45) is 0.946. The van der Waals surface area contributed by atoms with Crippen LogP contribution in [0.15, 0.2) is 22.6 Å². The number of rotatable bonds is 4. The number of ketones is 1. The highest BCUT2D eigenvalue weighted by atomic mass is 35.5. The number of benzene rings is 1. The van der Waals surface area contributed by atoms with E-state index in [2.05, 4.69) is 0 Å². The standard InChI is InChI=1S/C17H16Cl2O4/c1-3-22-16(21)15-9(2)23-13-5-4-10(7-12(13)15)6-11-8-14(20)17(11,18)19/h4-5,7,11H,3,6,8H2,1-2H3. The quantitative estimate of drug-likeness (QED) is 0.609. The van der Waals surface area contributed by atoms with Gasteiger partial charge in [0.25, 0.3) is 0 Å². The van der Waals surface area contributed by atoms with Gasteiger partial charge in [0.1, 0.15) is 16.9 Å². The summed E-state index contributed by atoms with van der Waals surface area (Å²) in [5, 5.41) is 0.707. The highest BCUT2D eigenvalue weighted by Gasteiger charge is 2.52. The topological polar surface area (TPSA) is 56.5 Å². The molecular formula is C17H16Cl2O4. The van der Waals surface area contributed by atoms with Gasteiger partial charge in [0.2, 0.25) is 0 Å². The number of ether oxygens (including phenoxy) is 1. The van der Waals surface area contributed by atoms with Gasteiger partial charge in [-0.1, -0.05) is 29.3 Å². The van der Waals surface area contributed by atoms with Crippen LogP contribution in [-0.4, -0.2) is 22.7 Å². The lowest BCUT2D eigenvalue weighted by atomic mass is 9.78. The maximum atomic E-state index is 12.1. The van der Waals surface area contributed by atoms with Crippen LogP contribution in [-0.2, 0) is 16.0 Å². The number of hydrogen-bond acceptors (Lipinski definition) is 4. The van der Waals surface area contributed by atoms with Crippen molar-refractivity contribution in [1.29, 1.82) is 0 Å². The summed E-state index contributed by atoms with van der Waals surface area (Å²) < 4.78 is 9.41. The van der Waals surface area contributed by atoms with Crippen LogP contribution < -0.4 is 0 Å². The molecule has 0 saturated heterocycles. The van der Waals surface area contributed by atoms with Gasteiger partial charge in [-0.2, -0.15) is 0 Å². The van der Waals surface area contributed by atoms with Crippen molar-refractivity contribution in [2.45, 2.75) is 31.0 Å². The minimum absolute atomic E-state index is 0.116. The molecule has 0 spiro atoms. The van der Waals surface area contributed by atoms with Crippen LogP contribution in [0.1, 0.15) is 35.0 Å². The molecule has 1 atom stereocenters. The average Bonchev–Trinajstić information content (AvgIpc) is 2.82. The van der Waals surface area contributed by atoms with Gasteiger partial charge in [-0.05, 0) is 38.0 Å². The number of fused-ring (bicyclic) bond motifs is 1. The summed E-state index contributed by atoms with van der Waals surface area (Å²) in [6.45, 7) is 3.80. The van der Waals surface area contributed by atoms with Gasteiger partial charge in [-0.25, -0.2) is 4.79 Å². The van der Waals surface area contributed by atoms with E-state index < -0.39 is 10.3 Å². The number of carbonyl (C=O) groups is 2. The van der Waals surface area contributed by atoms with Gasteiger partial charge in [-0.3, -0.25) is 4.79 Å². The molecule has 1 fully saturated rings. The molecule has 1 aliphatic carbocycles. The highest BCUT2D eigenvalue weighted by molar-refractivity contribution is 6.60. The van der Waals surface area contributed by atoms with Crippen molar-refractivity contribution in [2.75, 3.05) is 6.61 Å². The number of Topliss-reactive ketones (excluding diaryl/α,β-unsaturated/α-hetero) is 1. The second-order valence-corrected chi connectivity index (χ2v) is 7.12. The zero-order valence-corrected chi connectivity index (χ0v) is 14.3. The van der Waals surface area contributed by atoms with E-state index in [1.807, 2.05) is 18.2 Å². The van der Waals surface area contributed by atoms with E-state index in [-0.39, 0.29) is 11.7 Å². The molecule has 3 rings (SSSR count). The lowest BCUT2D eigenvalue weighted by Gasteiger charge is -2.37. The Bertz CT molecular complexity index is 791. The van der Waals surface area contributed by atoms with E-state index in [0.717, 1.165) is 5.56 Å². The van der Waals surface area contributed by atoms with Crippen molar-refractivity contribution in [3.8, 4) is 0 Å². The third kappa shape index (κ3) is 2.74. The summed E-state index contributed by atoms with van der Waals surface area (Å²) in [5.74, 6) is -0.129. The summed E-state index contributed by atoms with van der Waals surface area (Å²) in [5.41, 5.74) is 2.02. The molecule has 2 aromatic rings. The third-order valence-corrected chi connectivity index (χ3v) is 5.25. The second-order valence-electron chi connectivity index (χ2n) is 5.74. The molecule has 0 aliphatic heterocycles. The van der Waals surface area contributed by atoms with Crippen LogP contribution in [0.2, 0.25) is 0 Å². The normalized spacial score (nSPS) is 19.7. The Balaban J connectivity index is 1.93. The molecule has 1 aromatic heterocycles. The van der Waals surface area contributed by atoms with Crippen molar-refractivity contribution in [3.63, 3.8) is 0 Å². The first-order valence-corrected chi connectivity index (χ1v) is 8.20. The van der Waals surface area contributed by atoms with Gasteiger partial charge < -0.3 is 9.15 Å². The SMILES string of the molecule is CCOC(=O)c1c(C)oc2ccc(CC3CC(=O)C3(Cl)Cl)cc12. The van der Waals surface area contributed by atoms with E-state index in [9.17, 15) is 9.59 Å². The first-order valence-electron chi connectivity index (χ1n) is 7.44. The Labute approximate surface area is 143 Å². The molecule has 0 radical (unpaired) electrons. The number of halogens is 2. The average molecular weight is 355 g/mol. The first-order chi connectivity index (χ1) is 10.8. The number of furan rings is 1. The minimum atomic E-state index is -1.30. The zero-order valence-electron chi connectivity index (χ0n) is 12.8. The minimum Gasteiger partial charge on any atom is -0.462 e. The molecule has 23 heavy (non-hydrogen) atoms. The van der Waals surface area contributed by atoms with Gasteiger partial charge in [0.05, 0.1) is 6.61 Å². The Morgan fingerprint density at radius 3 is 2.78 bits per heavy atom. The Morgan fingerprint density at radius 2 is 2.17 bits per heavy atom. The van der Waals surface area contributed by atoms with Crippen LogP contribution in [0.25, 0.3) is 11.0 Å². The summed E-state index contributed by atoms with van der Waals surface area (Å²) in [7, 11) is 0. The fourth-order valence-electron chi connectivity index (χ4n) is 2.92. The molecule has 1 aromatic carbocycles. The predicted molar refractivity (Wildman–Crippen MR) is 88.2 cm³/mol. The summed E-state index contributed by atoms with van der Waals surface area (Å²) in [4.78, 5) is 23.6. The lowest BCUT2D eigenvalue weighted by molar-refractivity contribution is -0.128. The Hall–Kier alpha value is -1.52. The molecule has 4 nitrogen and oxygen atoms in total. The number of alkyl halides is 2. The van der Waals surface area contributed by atoms with Crippen LogP contribution in [0.5, 0.6) is 0 Å². The van der Waals surface area contributed by atoms with Crippen molar-refractivity contribution in [3.05, 3.63) is 35.1 Å². The van der Waals surface area contributed by atoms with E-state index >= 15 is 0 Å². The largest absolute Gasteiger partial charge is 0.462 e. The third-order valence-electron chi connectivity index (χ3n) is 4.21. The monoisotopic (exact) mass is 354 g/mol. The fraction of sp³-hybridized carbons (Fsp3) is 0.412. The summed E-state index contributed by atoms with van der Waals surface area (Å²) in [6, 6.07) is 5.59. The van der Waals surface area contributed by atoms with Crippen molar-refractivity contribution in [2.24, 2.45) is 5.92 Å². The van der Waals surface area contributed by atoms with Gasteiger partial charge in [0.15, 0.2) is 10.1 Å². The van der Waals surface area contributed by atoms with Crippen LogP contribution >= 0.6 is 23.2 Å². The smallest absolute Gasteiger partial charge is 0.342 e. The molecule has 1 aliphatic rings. The van der Waals surface area contributed by atoms with Crippen LogP contribution in [0.3, 0.4) is 0 Å². The van der Waals surface area contributed by atoms with Gasteiger partial charge in [0, 0.05) is 17.7 Å². The van der Waals surface area contributed by atoms with Crippen LogP contribution in [0, 0.1) is 12.8 Å². The lowest BCUT2D eigenvalue weighted by Crippen LogP contribution is -2.48. The first kappa shape index (κ1) is 16.3. The molecule has 1 heterocycles.